The zero-order valence-electron chi connectivity index (χ0n) is 17.5. The van der Waals surface area contributed by atoms with E-state index in [0.717, 1.165) is 23.3 Å². The molecule has 9 nitrogen and oxygen atoms in total. The van der Waals surface area contributed by atoms with Crippen molar-refractivity contribution in [3.8, 4) is 16.9 Å². The van der Waals surface area contributed by atoms with Crippen LogP contribution in [0.1, 0.15) is 35.3 Å². The van der Waals surface area contributed by atoms with Gasteiger partial charge in [0.05, 0.1) is 30.5 Å². The molecule has 4 rings (SSSR count). The summed E-state index contributed by atoms with van der Waals surface area (Å²) in [6.07, 6.45) is 5.96. The van der Waals surface area contributed by atoms with Crippen molar-refractivity contribution in [3.05, 3.63) is 60.0 Å². The van der Waals surface area contributed by atoms with E-state index in [9.17, 15) is 9.18 Å². The number of guanidine groups is 1. The van der Waals surface area contributed by atoms with Gasteiger partial charge in [-0.3, -0.25) is 9.48 Å². The van der Waals surface area contributed by atoms with Crippen LogP contribution in [0.4, 0.5) is 10.2 Å². The minimum absolute atomic E-state index is 0.0377. The highest BCUT2D eigenvalue weighted by Gasteiger charge is 2.24. The standard InChI is InChI=1S/C22H24FN7O2/c1-13(9-23)28-21(31)17-8-14(10-26-20(17)29-22(24)25)15-11-27-30(12-15)18-6-7-32-19-5-3-2-4-16(18)19/h2-5,8,10-13,18H,6-7,9H2,1H3,(H,28,31)(H4,24,25,26,29). The first-order valence-corrected chi connectivity index (χ1v) is 10.2. The number of nitrogens with zero attached hydrogens (tertiary/aromatic N) is 4. The molecular weight excluding hydrogens is 413 g/mol. The number of para-hydroxylation sites is 1. The van der Waals surface area contributed by atoms with Gasteiger partial charge in [-0.15, -0.1) is 0 Å². The van der Waals surface area contributed by atoms with Crippen molar-refractivity contribution in [2.75, 3.05) is 13.3 Å². The Morgan fingerprint density at radius 3 is 2.94 bits per heavy atom. The van der Waals surface area contributed by atoms with Gasteiger partial charge < -0.3 is 21.5 Å². The summed E-state index contributed by atoms with van der Waals surface area (Å²) in [4.78, 5) is 20.9. The Morgan fingerprint density at radius 2 is 2.16 bits per heavy atom. The number of rotatable bonds is 6. The Balaban J connectivity index is 1.68. The van der Waals surface area contributed by atoms with Crippen LogP contribution in [0.15, 0.2) is 53.9 Å². The normalized spacial score (nSPS) is 15.9. The molecule has 0 radical (unpaired) electrons. The third-order valence-corrected chi connectivity index (χ3v) is 5.14. The number of aromatic nitrogens is 3. The number of nitrogens with one attached hydrogen (secondary N) is 1. The smallest absolute Gasteiger partial charge is 0.255 e. The number of nitrogens with two attached hydrogens (primary N) is 2. The van der Waals surface area contributed by atoms with Gasteiger partial charge in [0.2, 0.25) is 0 Å². The number of amides is 1. The summed E-state index contributed by atoms with van der Waals surface area (Å²) in [5, 5.41) is 7.10. The molecule has 1 amide bonds. The van der Waals surface area contributed by atoms with Crippen LogP contribution in [0.5, 0.6) is 5.75 Å². The maximum atomic E-state index is 12.9. The number of benzene rings is 1. The number of fused-ring (bicyclic) bond motifs is 1. The molecule has 2 aromatic heterocycles. The Kier molecular flexibility index (Phi) is 6.02. The van der Waals surface area contributed by atoms with Gasteiger partial charge in [-0.1, -0.05) is 18.2 Å². The molecule has 5 N–H and O–H groups in total. The van der Waals surface area contributed by atoms with E-state index in [1.54, 1.807) is 25.4 Å². The largest absolute Gasteiger partial charge is 0.493 e. The van der Waals surface area contributed by atoms with E-state index in [-0.39, 0.29) is 23.4 Å². The van der Waals surface area contributed by atoms with Gasteiger partial charge >= 0.3 is 0 Å². The predicted molar refractivity (Wildman–Crippen MR) is 119 cm³/mol. The Bertz CT molecular complexity index is 1160. The highest BCUT2D eigenvalue weighted by molar-refractivity contribution is 6.00. The van der Waals surface area contributed by atoms with Crippen LogP contribution in [-0.2, 0) is 0 Å². The molecule has 2 atom stereocenters. The van der Waals surface area contributed by atoms with E-state index in [1.807, 2.05) is 35.1 Å². The number of carbonyl (C=O) groups is 1. The molecular formula is C22H24FN7O2. The van der Waals surface area contributed by atoms with Crippen molar-refractivity contribution in [1.82, 2.24) is 20.1 Å². The Morgan fingerprint density at radius 1 is 1.34 bits per heavy atom. The molecule has 0 bridgehead atoms. The number of pyridine rings is 1. The van der Waals surface area contributed by atoms with Gasteiger partial charge in [-0.2, -0.15) is 10.1 Å². The second-order valence-electron chi connectivity index (χ2n) is 7.56. The van der Waals surface area contributed by atoms with Crippen LogP contribution in [-0.4, -0.2) is 46.0 Å². The highest BCUT2D eigenvalue weighted by atomic mass is 19.1. The van der Waals surface area contributed by atoms with E-state index in [0.29, 0.717) is 12.2 Å². The first-order chi connectivity index (χ1) is 15.5. The maximum absolute atomic E-state index is 12.9. The molecule has 1 aliphatic heterocycles. The van der Waals surface area contributed by atoms with Gasteiger partial charge in [0, 0.05) is 35.5 Å². The maximum Gasteiger partial charge on any atom is 0.255 e. The Labute approximate surface area is 184 Å². The van der Waals surface area contributed by atoms with Crippen molar-refractivity contribution >= 4 is 17.7 Å². The third-order valence-electron chi connectivity index (χ3n) is 5.14. The summed E-state index contributed by atoms with van der Waals surface area (Å²) in [7, 11) is 0. The fraction of sp³-hybridized carbons (Fsp3) is 0.273. The molecule has 166 valence electrons. The van der Waals surface area contributed by atoms with E-state index in [1.165, 1.54) is 0 Å². The fourth-order valence-corrected chi connectivity index (χ4v) is 3.59. The lowest BCUT2D eigenvalue weighted by atomic mass is 10.0. The van der Waals surface area contributed by atoms with Gasteiger partial charge in [-0.25, -0.2) is 9.37 Å². The quantitative estimate of drug-likeness (QED) is 0.400. The zero-order valence-corrected chi connectivity index (χ0v) is 17.5. The molecule has 3 heterocycles. The minimum Gasteiger partial charge on any atom is -0.493 e. The fourth-order valence-electron chi connectivity index (χ4n) is 3.59. The molecule has 32 heavy (non-hydrogen) atoms. The van der Waals surface area contributed by atoms with Crippen molar-refractivity contribution < 1.29 is 13.9 Å². The van der Waals surface area contributed by atoms with Gasteiger partial charge in [0.15, 0.2) is 11.8 Å². The lowest BCUT2D eigenvalue weighted by Crippen LogP contribution is -2.34. The zero-order chi connectivity index (χ0) is 22.7. The van der Waals surface area contributed by atoms with Gasteiger partial charge in [-0.05, 0) is 19.1 Å². The minimum atomic E-state index is -0.699. The van der Waals surface area contributed by atoms with Crippen LogP contribution < -0.4 is 21.5 Å². The van der Waals surface area contributed by atoms with E-state index in [4.69, 9.17) is 16.2 Å². The van der Waals surface area contributed by atoms with Crippen LogP contribution in [0.2, 0.25) is 0 Å². The summed E-state index contributed by atoms with van der Waals surface area (Å²) >= 11 is 0. The topological polar surface area (TPSA) is 133 Å². The third kappa shape index (κ3) is 4.39. The number of aliphatic imine (C=N–C) groups is 1. The predicted octanol–water partition coefficient (Wildman–Crippen LogP) is 2.31. The molecule has 0 saturated carbocycles. The number of halogens is 1. The molecule has 1 aliphatic rings. The Hall–Kier alpha value is -3.95. The summed E-state index contributed by atoms with van der Waals surface area (Å²) in [5.74, 6) is 0.159. The van der Waals surface area contributed by atoms with Crippen LogP contribution in [0.25, 0.3) is 11.1 Å². The van der Waals surface area contributed by atoms with E-state index in [2.05, 4.69) is 20.4 Å². The highest BCUT2D eigenvalue weighted by Crippen LogP contribution is 2.35. The SMILES string of the molecule is CC(CF)NC(=O)c1cc(-c2cnn(C3CCOc4ccccc43)c2)cnc1N=C(N)N. The lowest BCUT2D eigenvalue weighted by molar-refractivity contribution is 0.0934. The van der Waals surface area contributed by atoms with Crippen molar-refractivity contribution in [2.24, 2.45) is 16.5 Å². The number of alkyl halides is 1. The molecule has 0 aliphatic carbocycles. The monoisotopic (exact) mass is 437 g/mol. The summed E-state index contributed by atoms with van der Waals surface area (Å²) in [5.41, 5.74) is 13.6. The second kappa shape index (κ2) is 9.04. The summed E-state index contributed by atoms with van der Waals surface area (Å²) < 4.78 is 20.5. The van der Waals surface area contributed by atoms with E-state index < -0.39 is 18.6 Å². The number of hydrogen-bond acceptors (Lipinski definition) is 5. The van der Waals surface area contributed by atoms with Crippen molar-refractivity contribution in [2.45, 2.75) is 25.4 Å². The van der Waals surface area contributed by atoms with Gasteiger partial charge in [0.25, 0.3) is 5.91 Å². The first kappa shape index (κ1) is 21.3. The summed E-state index contributed by atoms with van der Waals surface area (Å²) in [6.45, 7) is 1.46. The lowest BCUT2D eigenvalue weighted by Gasteiger charge is -2.26. The number of carbonyl (C=O) groups excluding carboxylic acids is 1. The average molecular weight is 437 g/mol. The van der Waals surface area contributed by atoms with Crippen molar-refractivity contribution in [3.63, 3.8) is 0 Å². The number of hydrogen-bond donors (Lipinski definition) is 3. The molecule has 10 heteroatoms. The molecule has 0 saturated heterocycles. The van der Waals surface area contributed by atoms with Gasteiger partial charge in [0.1, 0.15) is 12.4 Å². The van der Waals surface area contributed by atoms with Crippen LogP contribution in [0, 0.1) is 0 Å². The van der Waals surface area contributed by atoms with E-state index >= 15 is 0 Å². The first-order valence-electron chi connectivity index (χ1n) is 10.2. The molecule has 0 fully saturated rings. The number of ether oxygens (including phenoxy) is 1. The molecule has 2 unspecified atom stereocenters. The van der Waals surface area contributed by atoms with Crippen LogP contribution in [0.3, 0.4) is 0 Å². The summed E-state index contributed by atoms with van der Waals surface area (Å²) in [6, 6.07) is 8.89. The van der Waals surface area contributed by atoms with Crippen molar-refractivity contribution in [1.29, 1.82) is 0 Å². The molecule has 3 aromatic rings. The second-order valence-corrected chi connectivity index (χ2v) is 7.56. The molecule has 0 spiro atoms. The average Bonchev–Trinajstić information content (AvgIpc) is 3.28. The molecule has 1 aromatic carbocycles. The van der Waals surface area contributed by atoms with Crippen LogP contribution >= 0.6 is 0 Å².